The summed E-state index contributed by atoms with van der Waals surface area (Å²) in [4.78, 5) is 0. The van der Waals surface area contributed by atoms with Crippen molar-refractivity contribution in [1.29, 1.82) is 0 Å². The van der Waals surface area contributed by atoms with E-state index in [1.165, 1.54) is 81.8 Å². The quantitative estimate of drug-likeness (QED) is 0.322. The van der Waals surface area contributed by atoms with E-state index >= 15 is 0 Å². The summed E-state index contributed by atoms with van der Waals surface area (Å²) in [6.45, 7) is 13.2. The van der Waals surface area contributed by atoms with E-state index in [1.807, 2.05) is 0 Å². The second kappa shape index (κ2) is 13.5. The zero-order chi connectivity index (χ0) is 26.2. The van der Waals surface area contributed by atoms with Crippen LogP contribution in [-0.4, -0.2) is 12.3 Å². The molecule has 4 rings (SSSR count). The van der Waals surface area contributed by atoms with Crippen molar-refractivity contribution in [2.45, 2.75) is 135 Å². The molecule has 200 valence electrons. The van der Waals surface area contributed by atoms with Gasteiger partial charge in [0.25, 0.3) is 0 Å². The number of nitrogens with one attached hydrogen (secondary N) is 1. The molecule has 0 unspecified atom stereocenters. The highest BCUT2D eigenvalue weighted by Crippen LogP contribution is 2.49. The Morgan fingerprint density at radius 1 is 0.806 bits per heavy atom. The van der Waals surface area contributed by atoms with Crippen LogP contribution in [0.2, 0.25) is 0 Å². The van der Waals surface area contributed by atoms with E-state index < -0.39 is 0 Å². The molecular formula is C34H53NS. The maximum atomic E-state index is 4.06. The largest absolute Gasteiger partial charge is 0.310 e. The molecule has 0 saturated heterocycles. The molecule has 0 aromatic heterocycles. The monoisotopic (exact) mass is 507 g/mol. The fourth-order valence-corrected chi connectivity index (χ4v) is 6.32. The van der Waals surface area contributed by atoms with Gasteiger partial charge in [-0.25, -0.2) is 0 Å². The molecule has 1 N–H and O–H groups in total. The van der Waals surface area contributed by atoms with Gasteiger partial charge in [0.1, 0.15) is 0 Å². The molecule has 0 atom stereocenters. The van der Waals surface area contributed by atoms with E-state index in [0.717, 1.165) is 12.5 Å². The lowest BCUT2D eigenvalue weighted by Crippen LogP contribution is -2.31. The Balaban J connectivity index is 0.00000176. The molecule has 0 heterocycles. The summed E-state index contributed by atoms with van der Waals surface area (Å²) in [6, 6.07) is 17.1. The van der Waals surface area contributed by atoms with Crippen molar-refractivity contribution in [1.82, 2.24) is 5.32 Å². The summed E-state index contributed by atoms with van der Waals surface area (Å²) >= 11 is 3.53. The minimum absolute atomic E-state index is 0.00642. The fraction of sp³-hybridized carbons (Fsp3) is 0.647. The van der Waals surface area contributed by atoms with Gasteiger partial charge >= 0.3 is 0 Å². The van der Waals surface area contributed by atoms with Crippen LogP contribution in [0.15, 0.2) is 42.5 Å². The molecule has 0 radical (unpaired) electrons. The van der Waals surface area contributed by atoms with Gasteiger partial charge in [-0.2, -0.15) is 12.6 Å². The zero-order valence-corrected chi connectivity index (χ0v) is 25.0. The molecule has 0 spiro atoms. The van der Waals surface area contributed by atoms with Gasteiger partial charge in [-0.15, -0.1) is 0 Å². The van der Waals surface area contributed by atoms with Gasteiger partial charge in [-0.3, -0.25) is 0 Å². The van der Waals surface area contributed by atoms with Crippen LogP contribution in [0.4, 0.5) is 0 Å². The molecule has 2 saturated carbocycles. The summed E-state index contributed by atoms with van der Waals surface area (Å²) in [5.74, 6) is 0.746. The second-order valence-electron chi connectivity index (χ2n) is 12.4. The van der Waals surface area contributed by atoms with Crippen molar-refractivity contribution in [2.75, 3.05) is 6.26 Å². The highest BCUT2D eigenvalue weighted by molar-refractivity contribution is 7.79. The average Bonchev–Trinajstić information content (AvgIpc) is 3.70. The lowest BCUT2D eigenvalue weighted by molar-refractivity contribution is 0.388. The molecule has 0 bridgehead atoms. The van der Waals surface area contributed by atoms with Gasteiger partial charge < -0.3 is 5.32 Å². The summed E-state index contributed by atoms with van der Waals surface area (Å²) in [5.41, 5.74) is 8.01. The lowest BCUT2D eigenvalue weighted by atomic mass is 9.70. The van der Waals surface area contributed by atoms with Crippen LogP contribution in [0.3, 0.4) is 0 Å². The van der Waals surface area contributed by atoms with Crippen LogP contribution in [-0.2, 0) is 17.4 Å². The highest BCUT2D eigenvalue weighted by atomic mass is 32.1. The first kappa shape index (κ1) is 29.3. The van der Waals surface area contributed by atoms with Crippen molar-refractivity contribution in [3.63, 3.8) is 0 Å². The highest BCUT2D eigenvalue weighted by Gasteiger charge is 2.36. The van der Waals surface area contributed by atoms with Gasteiger partial charge in [0.2, 0.25) is 0 Å². The third-order valence-corrected chi connectivity index (χ3v) is 8.76. The van der Waals surface area contributed by atoms with Crippen molar-refractivity contribution in [3.05, 3.63) is 70.3 Å². The normalized spacial score (nSPS) is 17.6. The van der Waals surface area contributed by atoms with Gasteiger partial charge in [-0.05, 0) is 77.5 Å². The first-order valence-electron chi connectivity index (χ1n) is 14.7. The third-order valence-electron chi connectivity index (χ3n) is 8.76. The van der Waals surface area contributed by atoms with E-state index in [4.69, 9.17) is 0 Å². The molecule has 0 amide bonds. The Bertz CT molecular complexity index is 918. The van der Waals surface area contributed by atoms with Crippen LogP contribution < -0.4 is 5.32 Å². The van der Waals surface area contributed by atoms with Crippen LogP contribution in [0.5, 0.6) is 0 Å². The van der Waals surface area contributed by atoms with Crippen LogP contribution in [0, 0.1) is 0 Å². The van der Waals surface area contributed by atoms with Crippen LogP contribution >= 0.6 is 12.6 Å². The average molecular weight is 508 g/mol. The Kier molecular flexibility index (Phi) is 11.0. The smallest absolute Gasteiger partial charge is 0.0211 e. The van der Waals surface area contributed by atoms with E-state index in [9.17, 15) is 0 Å². The molecule has 2 aromatic carbocycles. The minimum atomic E-state index is 0.00642. The third kappa shape index (κ3) is 7.41. The predicted molar refractivity (Wildman–Crippen MR) is 163 cm³/mol. The van der Waals surface area contributed by atoms with E-state index in [0.29, 0.717) is 6.04 Å². The maximum absolute atomic E-state index is 4.06. The summed E-state index contributed by atoms with van der Waals surface area (Å²) in [5, 5.41) is 4.06. The summed E-state index contributed by atoms with van der Waals surface area (Å²) in [7, 11) is 0. The van der Waals surface area contributed by atoms with Crippen molar-refractivity contribution in [2.24, 2.45) is 0 Å². The number of hydrogen-bond donors (Lipinski definition) is 2. The molecule has 2 heteroatoms. The molecule has 2 fully saturated rings. The lowest BCUT2D eigenvalue weighted by Gasteiger charge is -2.34. The second-order valence-corrected chi connectivity index (χ2v) is 12.4. The fourth-order valence-electron chi connectivity index (χ4n) is 6.32. The number of rotatable bonds is 9. The van der Waals surface area contributed by atoms with Gasteiger partial charge in [0, 0.05) is 18.0 Å². The Morgan fingerprint density at radius 3 is 2.00 bits per heavy atom. The molecule has 36 heavy (non-hydrogen) atoms. The molecule has 1 nitrogen and oxygen atoms in total. The number of thiol groups is 1. The van der Waals surface area contributed by atoms with Crippen molar-refractivity contribution in [3.8, 4) is 0 Å². The minimum Gasteiger partial charge on any atom is -0.310 e. The first-order chi connectivity index (χ1) is 17.3. The topological polar surface area (TPSA) is 12.0 Å². The van der Waals surface area contributed by atoms with Gasteiger partial charge in [0.05, 0.1) is 0 Å². The van der Waals surface area contributed by atoms with E-state index in [-0.39, 0.29) is 10.8 Å². The Hall–Kier alpha value is -1.25. The molecular weight excluding hydrogens is 454 g/mol. The summed E-state index contributed by atoms with van der Waals surface area (Å²) in [6.07, 6.45) is 16.6. The number of benzene rings is 2. The van der Waals surface area contributed by atoms with Gasteiger partial charge in [0.15, 0.2) is 0 Å². The van der Waals surface area contributed by atoms with Crippen LogP contribution in [0.25, 0.3) is 0 Å². The Labute approximate surface area is 228 Å². The standard InChI is InChI=1S/C33H49N.CH4S/c1-6-21-32(2,3)28-22-26(24-34-29-17-13-8-7-9-14-18-29)31(25-19-20-25)30(23-28)33(4,5)27-15-11-10-12-16-27;1-2/h10-12,15-16,22-23,25,29,34H,6-9,13-14,17-21,24H2,1-5H3;2H,1H3. The zero-order valence-electron chi connectivity index (χ0n) is 24.1. The van der Waals surface area contributed by atoms with Crippen molar-refractivity contribution < 1.29 is 0 Å². The van der Waals surface area contributed by atoms with E-state index in [2.05, 4.69) is 95.0 Å². The first-order valence-corrected chi connectivity index (χ1v) is 15.6. The van der Waals surface area contributed by atoms with Crippen molar-refractivity contribution >= 4 is 12.6 Å². The van der Waals surface area contributed by atoms with Crippen LogP contribution in [0.1, 0.15) is 139 Å². The SMILES string of the molecule is CCCC(C)(C)c1cc(CNC2CCCCCCC2)c(C2CC2)c(C(C)(C)c2ccccc2)c1.CS. The van der Waals surface area contributed by atoms with Gasteiger partial charge in [-0.1, -0.05) is 116 Å². The molecule has 2 aliphatic carbocycles. The molecule has 2 aliphatic rings. The molecule has 0 aliphatic heterocycles. The Morgan fingerprint density at radius 2 is 1.42 bits per heavy atom. The summed E-state index contributed by atoms with van der Waals surface area (Å²) < 4.78 is 0. The number of hydrogen-bond acceptors (Lipinski definition) is 2. The molecule has 2 aromatic rings. The maximum Gasteiger partial charge on any atom is 0.0211 e. The van der Waals surface area contributed by atoms with E-state index in [1.54, 1.807) is 22.9 Å². The predicted octanol–water partition coefficient (Wildman–Crippen LogP) is 9.72.